The van der Waals surface area contributed by atoms with Crippen molar-refractivity contribution in [1.29, 1.82) is 0 Å². The Morgan fingerprint density at radius 2 is 1.95 bits per heavy atom. The SMILES string of the molecule is CC1(C)CCC[C@@]2(C)[C@H]1CC[C@]1(CO1)[C@@H]2CC[C@](C)(O)C=O. The van der Waals surface area contributed by atoms with Crippen LogP contribution in [-0.4, -0.2) is 29.2 Å². The van der Waals surface area contributed by atoms with Crippen LogP contribution in [0.15, 0.2) is 0 Å². The molecule has 0 radical (unpaired) electrons. The van der Waals surface area contributed by atoms with Crippen LogP contribution in [0.4, 0.5) is 0 Å². The molecule has 0 aromatic carbocycles. The lowest BCUT2D eigenvalue weighted by molar-refractivity contribution is -0.128. The third kappa shape index (κ3) is 2.54. The predicted octanol–water partition coefficient (Wildman–Crippen LogP) is 3.73. The van der Waals surface area contributed by atoms with E-state index in [1.54, 1.807) is 6.92 Å². The number of rotatable bonds is 4. The summed E-state index contributed by atoms with van der Waals surface area (Å²) in [5, 5.41) is 10.1. The molecule has 3 fully saturated rings. The molecule has 3 heteroatoms. The fourth-order valence-electron chi connectivity index (χ4n) is 5.99. The highest BCUT2D eigenvalue weighted by Crippen LogP contribution is 2.66. The van der Waals surface area contributed by atoms with Gasteiger partial charge in [-0.3, -0.25) is 0 Å². The topological polar surface area (TPSA) is 49.8 Å². The lowest BCUT2D eigenvalue weighted by Gasteiger charge is -2.59. The molecule has 22 heavy (non-hydrogen) atoms. The normalized spacial score (nSPS) is 45.9. The first-order valence-electron chi connectivity index (χ1n) is 8.98. The summed E-state index contributed by atoms with van der Waals surface area (Å²) in [4.78, 5) is 11.1. The lowest BCUT2D eigenvalue weighted by atomic mass is 9.45. The molecule has 3 aliphatic rings. The maximum Gasteiger partial charge on any atom is 0.151 e. The smallest absolute Gasteiger partial charge is 0.151 e. The predicted molar refractivity (Wildman–Crippen MR) is 86.6 cm³/mol. The molecule has 2 aliphatic carbocycles. The Morgan fingerprint density at radius 1 is 1.27 bits per heavy atom. The Balaban J connectivity index is 1.85. The third-order valence-electron chi connectivity index (χ3n) is 7.27. The average molecular weight is 308 g/mol. The van der Waals surface area contributed by atoms with Crippen molar-refractivity contribution in [2.24, 2.45) is 22.7 Å². The van der Waals surface area contributed by atoms with Gasteiger partial charge in [-0.2, -0.15) is 0 Å². The number of aldehydes is 1. The van der Waals surface area contributed by atoms with Crippen LogP contribution in [-0.2, 0) is 9.53 Å². The summed E-state index contributed by atoms with van der Waals surface area (Å²) >= 11 is 0. The molecule has 126 valence electrons. The van der Waals surface area contributed by atoms with Gasteiger partial charge in [0.05, 0.1) is 12.2 Å². The number of carbonyl (C=O) groups excluding carboxylic acids is 1. The number of aliphatic hydroxyl groups is 1. The second-order valence-corrected chi connectivity index (χ2v) is 9.36. The highest BCUT2D eigenvalue weighted by molar-refractivity contribution is 5.60. The first-order valence-corrected chi connectivity index (χ1v) is 8.98. The maximum atomic E-state index is 11.1. The Morgan fingerprint density at radius 3 is 2.55 bits per heavy atom. The summed E-state index contributed by atoms with van der Waals surface area (Å²) in [7, 11) is 0. The van der Waals surface area contributed by atoms with E-state index in [-0.39, 0.29) is 11.0 Å². The van der Waals surface area contributed by atoms with Gasteiger partial charge in [0.15, 0.2) is 6.29 Å². The maximum absolute atomic E-state index is 11.1. The van der Waals surface area contributed by atoms with Crippen molar-refractivity contribution in [3.63, 3.8) is 0 Å². The van der Waals surface area contributed by atoms with E-state index in [4.69, 9.17) is 4.74 Å². The van der Waals surface area contributed by atoms with Gasteiger partial charge in [0.1, 0.15) is 5.60 Å². The first-order chi connectivity index (χ1) is 10.2. The summed E-state index contributed by atoms with van der Waals surface area (Å²) in [6.07, 6.45) is 8.44. The summed E-state index contributed by atoms with van der Waals surface area (Å²) in [5.41, 5.74) is -0.453. The van der Waals surface area contributed by atoms with Gasteiger partial charge in [0, 0.05) is 0 Å². The summed E-state index contributed by atoms with van der Waals surface area (Å²) in [5.74, 6) is 1.21. The van der Waals surface area contributed by atoms with Crippen LogP contribution >= 0.6 is 0 Å². The first kappa shape index (κ1) is 16.4. The van der Waals surface area contributed by atoms with Crippen LogP contribution < -0.4 is 0 Å². The number of fused-ring (bicyclic) bond motifs is 1. The van der Waals surface area contributed by atoms with Crippen molar-refractivity contribution in [3.8, 4) is 0 Å². The molecule has 0 unspecified atom stereocenters. The number of carbonyl (C=O) groups is 1. The largest absolute Gasteiger partial charge is 0.383 e. The van der Waals surface area contributed by atoms with Gasteiger partial charge in [-0.1, -0.05) is 27.2 Å². The van der Waals surface area contributed by atoms with Crippen molar-refractivity contribution < 1.29 is 14.6 Å². The summed E-state index contributed by atoms with van der Waals surface area (Å²) < 4.78 is 5.96. The molecular formula is C19H32O3. The fraction of sp³-hybridized carbons (Fsp3) is 0.947. The second-order valence-electron chi connectivity index (χ2n) is 9.36. The van der Waals surface area contributed by atoms with Gasteiger partial charge in [0.25, 0.3) is 0 Å². The molecule has 0 bridgehead atoms. The minimum Gasteiger partial charge on any atom is -0.383 e. The Bertz CT molecular complexity index is 450. The van der Waals surface area contributed by atoms with E-state index in [1.807, 2.05) is 0 Å². The van der Waals surface area contributed by atoms with Crippen LogP contribution in [0, 0.1) is 22.7 Å². The number of ether oxygens (including phenoxy) is 1. The molecule has 0 aromatic rings. The molecule has 1 heterocycles. The number of epoxide rings is 1. The molecule has 1 aliphatic heterocycles. The zero-order valence-corrected chi connectivity index (χ0v) is 14.7. The van der Waals surface area contributed by atoms with E-state index < -0.39 is 5.60 Å². The van der Waals surface area contributed by atoms with Gasteiger partial charge in [0.2, 0.25) is 0 Å². The van der Waals surface area contributed by atoms with Crippen LogP contribution in [0.2, 0.25) is 0 Å². The lowest BCUT2D eigenvalue weighted by Crippen LogP contribution is -2.54. The van der Waals surface area contributed by atoms with E-state index in [9.17, 15) is 9.90 Å². The van der Waals surface area contributed by atoms with Gasteiger partial charge in [-0.05, 0) is 68.1 Å². The van der Waals surface area contributed by atoms with E-state index in [0.29, 0.717) is 24.0 Å². The molecule has 1 N–H and O–H groups in total. The fourth-order valence-corrected chi connectivity index (χ4v) is 5.99. The van der Waals surface area contributed by atoms with Gasteiger partial charge >= 0.3 is 0 Å². The molecule has 1 saturated heterocycles. The van der Waals surface area contributed by atoms with Gasteiger partial charge < -0.3 is 14.6 Å². The van der Waals surface area contributed by atoms with Crippen molar-refractivity contribution in [2.45, 2.75) is 83.8 Å². The number of hydrogen-bond acceptors (Lipinski definition) is 3. The molecule has 3 rings (SSSR count). The van der Waals surface area contributed by atoms with Crippen molar-refractivity contribution in [1.82, 2.24) is 0 Å². The molecule has 1 spiro atoms. The molecule has 5 atom stereocenters. The summed E-state index contributed by atoms with van der Waals surface area (Å²) in [6.45, 7) is 9.83. The Labute approximate surface area is 134 Å². The van der Waals surface area contributed by atoms with Gasteiger partial charge in [-0.15, -0.1) is 0 Å². The van der Waals surface area contributed by atoms with E-state index >= 15 is 0 Å². The van der Waals surface area contributed by atoms with Crippen LogP contribution in [0.1, 0.15) is 72.6 Å². The monoisotopic (exact) mass is 308 g/mol. The standard InChI is InChI=1S/C19H32O3/c1-16(2)8-5-9-18(4)14(16)7-11-19(13-22-19)15(18)6-10-17(3,21)12-20/h12,14-15,21H,5-11,13H2,1-4H3/t14-,15+,17-,18-,19-/m0/s1. The van der Waals surface area contributed by atoms with Crippen molar-refractivity contribution in [2.75, 3.05) is 6.61 Å². The van der Waals surface area contributed by atoms with Gasteiger partial charge in [-0.25, -0.2) is 0 Å². The quantitative estimate of drug-likeness (QED) is 0.636. The molecule has 3 nitrogen and oxygen atoms in total. The average Bonchev–Trinajstić information content (AvgIpc) is 3.17. The summed E-state index contributed by atoms with van der Waals surface area (Å²) in [6, 6.07) is 0. The van der Waals surface area contributed by atoms with E-state index in [1.165, 1.54) is 25.7 Å². The zero-order chi connectivity index (χ0) is 16.2. The zero-order valence-electron chi connectivity index (χ0n) is 14.7. The number of hydrogen-bond donors (Lipinski definition) is 1. The minimum atomic E-state index is -1.19. The highest BCUT2D eigenvalue weighted by atomic mass is 16.6. The third-order valence-corrected chi connectivity index (χ3v) is 7.27. The minimum absolute atomic E-state index is 0.0532. The highest BCUT2D eigenvalue weighted by Gasteiger charge is 2.64. The molecular weight excluding hydrogens is 276 g/mol. The van der Waals surface area contributed by atoms with Crippen molar-refractivity contribution in [3.05, 3.63) is 0 Å². The Kier molecular flexibility index (Phi) is 3.77. The van der Waals surface area contributed by atoms with Crippen LogP contribution in [0.3, 0.4) is 0 Å². The molecule has 2 saturated carbocycles. The molecule has 0 aromatic heterocycles. The van der Waals surface area contributed by atoms with Crippen LogP contribution in [0.25, 0.3) is 0 Å². The van der Waals surface area contributed by atoms with E-state index in [0.717, 1.165) is 25.4 Å². The second kappa shape index (κ2) is 5.04. The van der Waals surface area contributed by atoms with Crippen molar-refractivity contribution >= 4 is 6.29 Å². The van der Waals surface area contributed by atoms with E-state index in [2.05, 4.69) is 20.8 Å². The van der Waals surface area contributed by atoms with Crippen LogP contribution in [0.5, 0.6) is 0 Å². The Hall–Kier alpha value is -0.410. The molecule has 0 amide bonds.